The number of hydrogen-bond acceptors (Lipinski definition) is 3. The molecule has 0 fully saturated rings. The van der Waals surface area contributed by atoms with Gasteiger partial charge in [-0.15, -0.1) is 0 Å². The van der Waals surface area contributed by atoms with Crippen molar-refractivity contribution in [1.29, 1.82) is 5.26 Å². The van der Waals surface area contributed by atoms with E-state index in [1.165, 1.54) is 6.07 Å². The lowest BCUT2D eigenvalue weighted by molar-refractivity contribution is 0.486. The SMILES string of the molecule is CN(Cc1ccc(Br)o1)c1cccc(F)c1C#N. The summed E-state index contributed by atoms with van der Waals surface area (Å²) in [6.07, 6.45) is 0. The number of nitrogens with zero attached hydrogens (tertiary/aromatic N) is 2. The Morgan fingerprint density at radius 1 is 1.39 bits per heavy atom. The first kappa shape index (κ1) is 12.7. The summed E-state index contributed by atoms with van der Waals surface area (Å²) in [4.78, 5) is 1.77. The number of halogens is 2. The summed E-state index contributed by atoms with van der Waals surface area (Å²) in [6, 6.07) is 10.1. The Morgan fingerprint density at radius 3 is 2.78 bits per heavy atom. The molecule has 0 N–H and O–H groups in total. The number of hydrogen-bond donors (Lipinski definition) is 0. The van der Waals surface area contributed by atoms with Gasteiger partial charge in [-0.1, -0.05) is 6.07 Å². The van der Waals surface area contributed by atoms with Crippen LogP contribution in [0.1, 0.15) is 11.3 Å². The van der Waals surface area contributed by atoms with Gasteiger partial charge in [-0.05, 0) is 40.2 Å². The van der Waals surface area contributed by atoms with Crippen molar-refractivity contribution in [3.8, 4) is 6.07 Å². The third-order valence-corrected chi connectivity index (χ3v) is 2.96. The molecule has 0 aliphatic carbocycles. The molecule has 0 bridgehead atoms. The molecule has 0 spiro atoms. The van der Waals surface area contributed by atoms with Gasteiger partial charge in [0.05, 0.1) is 12.2 Å². The highest BCUT2D eigenvalue weighted by atomic mass is 79.9. The molecule has 0 aliphatic rings. The second-order valence-electron chi connectivity index (χ2n) is 3.81. The number of furan rings is 1. The lowest BCUT2D eigenvalue weighted by Gasteiger charge is -2.19. The molecule has 0 amide bonds. The lowest BCUT2D eigenvalue weighted by atomic mass is 10.1. The minimum Gasteiger partial charge on any atom is -0.452 e. The van der Waals surface area contributed by atoms with Gasteiger partial charge in [0.25, 0.3) is 0 Å². The summed E-state index contributed by atoms with van der Waals surface area (Å²) in [6.45, 7) is 0.462. The molecule has 0 unspecified atom stereocenters. The first-order valence-corrected chi connectivity index (χ1v) is 6.05. The zero-order chi connectivity index (χ0) is 13.1. The fourth-order valence-corrected chi connectivity index (χ4v) is 2.04. The third-order valence-electron chi connectivity index (χ3n) is 2.54. The molecule has 5 heteroatoms. The van der Waals surface area contributed by atoms with Crippen molar-refractivity contribution in [1.82, 2.24) is 0 Å². The summed E-state index contributed by atoms with van der Waals surface area (Å²) in [5.41, 5.74) is 0.593. The first-order valence-electron chi connectivity index (χ1n) is 5.26. The fraction of sp³-hybridized carbons (Fsp3) is 0.154. The lowest BCUT2D eigenvalue weighted by Crippen LogP contribution is -2.17. The standard InChI is InChI=1S/C13H10BrFN2O/c1-17(8-9-5-6-13(14)18-9)12-4-2-3-11(15)10(12)7-16/h2-6H,8H2,1H3. The summed E-state index contributed by atoms with van der Waals surface area (Å²) in [7, 11) is 1.78. The van der Waals surface area contributed by atoms with E-state index in [2.05, 4.69) is 15.9 Å². The van der Waals surface area contributed by atoms with Crippen molar-refractivity contribution in [2.45, 2.75) is 6.54 Å². The van der Waals surface area contributed by atoms with Crippen LogP contribution in [0.2, 0.25) is 0 Å². The van der Waals surface area contributed by atoms with Crippen LogP contribution in [-0.4, -0.2) is 7.05 Å². The molecule has 1 aromatic heterocycles. The molecule has 0 radical (unpaired) electrons. The van der Waals surface area contributed by atoms with Gasteiger partial charge >= 0.3 is 0 Å². The van der Waals surface area contributed by atoms with Gasteiger partial charge in [0.15, 0.2) is 4.67 Å². The van der Waals surface area contributed by atoms with E-state index in [0.29, 0.717) is 16.9 Å². The van der Waals surface area contributed by atoms with Crippen LogP contribution in [0, 0.1) is 17.1 Å². The topological polar surface area (TPSA) is 40.2 Å². The maximum absolute atomic E-state index is 13.5. The maximum atomic E-state index is 13.5. The molecule has 1 heterocycles. The summed E-state index contributed by atoms with van der Waals surface area (Å²) in [5.74, 6) is 0.222. The molecule has 0 atom stereocenters. The molecule has 0 aliphatic heterocycles. The quantitative estimate of drug-likeness (QED) is 0.868. The number of benzene rings is 1. The van der Waals surface area contributed by atoms with Crippen molar-refractivity contribution in [2.75, 3.05) is 11.9 Å². The predicted octanol–water partition coefficient (Wildman–Crippen LogP) is 3.69. The average Bonchev–Trinajstić information content (AvgIpc) is 2.74. The Kier molecular flexibility index (Phi) is 3.68. The van der Waals surface area contributed by atoms with Crippen molar-refractivity contribution in [3.63, 3.8) is 0 Å². The molecule has 0 saturated carbocycles. The minimum atomic E-state index is -0.512. The molecule has 92 valence electrons. The summed E-state index contributed by atoms with van der Waals surface area (Å²) < 4.78 is 19.5. The number of anilines is 1. The van der Waals surface area contributed by atoms with Gasteiger partial charge in [-0.3, -0.25) is 0 Å². The molecule has 3 nitrogen and oxygen atoms in total. The molecule has 0 saturated heterocycles. The van der Waals surface area contributed by atoms with Gasteiger partial charge in [0.1, 0.15) is 23.2 Å². The van der Waals surface area contributed by atoms with E-state index in [1.807, 2.05) is 12.1 Å². The van der Waals surface area contributed by atoms with Crippen LogP contribution in [0.15, 0.2) is 39.4 Å². The van der Waals surface area contributed by atoms with Crippen LogP contribution in [0.4, 0.5) is 10.1 Å². The van der Waals surface area contributed by atoms with Crippen molar-refractivity contribution >= 4 is 21.6 Å². The molecule has 1 aromatic carbocycles. The third kappa shape index (κ3) is 2.54. The van der Waals surface area contributed by atoms with Gasteiger partial charge in [0.2, 0.25) is 0 Å². The largest absolute Gasteiger partial charge is 0.452 e. The first-order chi connectivity index (χ1) is 8.61. The van der Waals surface area contributed by atoms with Crippen LogP contribution in [0.5, 0.6) is 0 Å². The van der Waals surface area contributed by atoms with E-state index < -0.39 is 5.82 Å². The van der Waals surface area contributed by atoms with Crippen LogP contribution >= 0.6 is 15.9 Å². The zero-order valence-corrected chi connectivity index (χ0v) is 11.2. The second kappa shape index (κ2) is 5.23. The van der Waals surface area contributed by atoms with E-state index in [-0.39, 0.29) is 5.56 Å². The van der Waals surface area contributed by atoms with Crippen molar-refractivity contribution < 1.29 is 8.81 Å². The van der Waals surface area contributed by atoms with E-state index in [0.717, 1.165) is 5.76 Å². The highest BCUT2D eigenvalue weighted by molar-refractivity contribution is 9.10. The highest BCUT2D eigenvalue weighted by Crippen LogP contribution is 2.24. The van der Waals surface area contributed by atoms with Gasteiger partial charge in [-0.2, -0.15) is 5.26 Å². The Bertz CT molecular complexity index is 603. The average molecular weight is 309 g/mol. The van der Waals surface area contributed by atoms with Crippen molar-refractivity contribution in [2.24, 2.45) is 0 Å². The zero-order valence-electron chi connectivity index (χ0n) is 9.65. The van der Waals surface area contributed by atoms with Crippen LogP contribution in [0.3, 0.4) is 0 Å². The van der Waals surface area contributed by atoms with Gasteiger partial charge in [0, 0.05) is 7.05 Å². The van der Waals surface area contributed by atoms with E-state index >= 15 is 0 Å². The van der Waals surface area contributed by atoms with Crippen molar-refractivity contribution in [3.05, 3.63) is 52.1 Å². The second-order valence-corrected chi connectivity index (χ2v) is 4.59. The van der Waals surface area contributed by atoms with E-state index in [4.69, 9.17) is 9.68 Å². The number of rotatable bonds is 3. The van der Waals surface area contributed by atoms with Gasteiger partial charge in [-0.25, -0.2) is 4.39 Å². The van der Waals surface area contributed by atoms with Gasteiger partial charge < -0.3 is 9.32 Å². The normalized spacial score (nSPS) is 10.1. The van der Waals surface area contributed by atoms with Crippen LogP contribution in [-0.2, 0) is 6.54 Å². The van der Waals surface area contributed by atoms with Crippen LogP contribution in [0.25, 0.3) is 0 Å². The fourth-order valence-electron chi connectivity index (χ4n) is 1.70. The minimum absolute atomic E-state index is 0.0469. The molecular formula is C13H10BrFN2O. The predicted molar refractivity (Wildman–Crippen MR) is 69.6 cm³/mol. The maximum Gasteiger partial charge on any atom is 0.169 e. The Morgan fingerprint density at radius 2 is 2.17 bits per heavy atom. The summed E-state index contributed by atoms with van der Waals surface area (Å²) >= 11 is 3.22. The molecule has 2 rings (SSSR count). The Hall–Kier alpha value is -1.80. The molecule has 2 aromatic rings. The molecule has 18 heavy (non-hydrogen) atoms. The van der Waals surface area contributed by atoms with E-state index in [1.54, 1.807) is 30.1 Å². The number of nitriles is 1. The monoisotopic (exact) mass is 308 g/mol. The Balaban J connectivity index is 2.27. The highest BCUT2D eigenvalue weighted by Gasteiger charge is 2.13. The van der Waals surface area contributed by atoms with E-state index in [9.17, 15) is 4.39 Å². The van der Waals surface area contributed by atoms with Crippen LogP contribution < -0.4 is 4.90 Å². The summed E-state index contributed by atoms with van der Waals surface area (Å²) in [5, 5.41) is 8.97. The Labute approximate surface area is 113 Å². The molecular weight excluding hydrogens is 299 g/mol. The smallest absolute Gasteiger partial charge is 0.169 e.